The van der Waals surface area contributed by atoms with E-state index in [4.69, 9.17) is 4.52 Å². The fraction of sp³-hybridized carbons (Fsp3) is 0.591. The lowest BCUT2D eigenvalue weighted by molar-refractivity contribution is -0.138. The zero-order chi connectivity index (χ0) is 19.5. The van der Waals surface area contributed by atoms with Gasteiger partial charge < -0.3 is 9.42 Å². The third kappa shape index (κ3) is 4.27. The van der Waals surface area contributed by atoms with Crippen LogP contribution in [-0.2, 0) is 11.3 Å². The van der Waals surface area contributed by atoms with Crippen molar-refractivity contribution < 1.29 is 9.32 Å². The Morgan fingerprint density at radius 1 is 1.18 bits per heavy atom. The Morgan fingerprint density at radius 2 is 1.96 bits per heavy atom. The first-order valence-corrected chi connectivity index (χ1v) is 10.5. The molecule has 2 fully saturated rings. The molecular weight excluding hydrogens is 352 g/mol. The van der Waals surface area contributed by atoms with Crippen LogP contribution in [0.2, 0.25) is 0 Å². The summed E-state index contributed by atoms with van der Waals surface area (Å²) in [6, 6.07) is 8.04. The van der Waals surface area contributed by atoms with Crippen LogP contribution in [0.1, 0.15) is 44.0 Å². The smallest absolute Gasteiger partial charge is 0.258 e. The number of carbonyl (C=O) groups is 1. The van der Waals surface area contributed by atoms with Gasteiger partial charge in [-0.1, -0.05) is 30.3 Å². The maximum atomic E-state index is 12.8. The van der Waals surface area contributed by atoms with Gasteiger partial charge in [-0.15, -0.1) is 0 Å². The lowest BCUT2D eigenvalue weighted by Crippen LogP contribution is -2.45. The van der Waals surface area contributed by atoms with Gasteiger partial charge in [0, 0.05) is 24.6 Å². The van der Waals surface area contributed by atoms with Gasteiger partial charge in [0.05, 0.1) is 6.54 Å². The fourth-order valence-electron chi connectivity index (χ4n) is 4.43. The second-order valence-electron chi connectivity index (χ2n) is 8.41. The van der Waals surface area contributed by atoms with E-state index in [1.807, 2.05) is 31.2 Å². The minimum atomic E-state index is 0.175. The number of hydrogen-bond donors (Lipinski definition) is 0. The van der Waals surface area contributed by atoms with Gasteiger partial charge in [0.2, 0.25) is 5.91 Å². The van der Waals surface area contributed by atoms with Gasteiger partial charge >= 0.3 is 0 Å². The Balaban J connectivity index is 1.30. The zero-order valence-electron chi connectivity index (χ0n) is 16.9. The minimum Gasteiger partial charge on any atom is -0.342 e. The van der Waals surface area contributed by atoms with Crippen molar-refractivity contribution in [1.82, 2.24) is 19.9 Å². The molecule has 0 radical (unpaired) electrons. The highest BCUT2D eigenvalue weighted by molar-refractivity contribution is 5.79. The van der Waals surface area contributed by atoms with Crippen LogP contribution in [0.3, 0.4) is 0 Å². The summed E-state index contributed by atoms with van der Waals surface area (Å²) in [5.74, 6) is 2.48. The number of rotatable bonds is 4. The molecule has 1 aromatic heterocycles. The molecule has 6 nitrogen and oxygen atoms in total. The maximum Gasteiger partial charge on any atom is 0.258 e. The molecule has 1 unspecified atom stereocenters. The standard InChI is InChI=1S/C22H30N4O2/c1-16-6-5-11-26(14-16)22(27)18-9-12-25(13-10-18)15-20-23-21(28-24-20)19-8-4-3-7-17(19)2/h3-4,7-8,16,18H,5-6,9-15H2,1-2H3. The molecule has 2 aliphatic heterocycles. The monoisotopic (exact) mass is 382 g/mol. The Morgan fingerprint density at radius 3 is 2.71 bits per heavy atom. The molecule has 0 N–H and O–H groups in total. The molecule has 2 aromatic rings. The largest absolute Gasteiger partial charge is 0.342 e. The Bertz CT molecular complexity index is 810. The van der Waals surface area contributed by atoms with Crippen LogP contribution in [0, 0.1) is 18.8 Å². The van der Waals surface area contributed by atoms with Gasteiger partial charge in [-0.3, -0.25) is 9.69 Å². The summed E-state index contributed by atoms with van der Waals surface area (Å²) in [5.41, 5.74) is 2.12. The van der Waals surface area contributed by atoms with E-state index in [0.29, 0.717) is 30.1 Å². The molecule has 2 saturated heterocycles. The van der Waals surface area contributed by atoms with Crippen molar-refractivity contribution >= 4 is 5.91 Å². The first kappa shape index (κ1) is 19.1. The quantitative estimate of drug-likeness (QED) is 0.810. The molecular formula is C22H30N4O2. The number of aromatic nitrogens is 2. The maximum absolute atomic E-state index is 12.8. The number of amides is 1. The summed E-state index contributed by atoms with van der Waals surface area (Å²) in [4.78, 5) is 21.8. The van der Waals surface area contributed by atoms with Crippen molar-refractivity contribution in [2.24, 2.45) is 11.8 Å². The van der Waals surface area contributed by atoms with E-state index in [0.717, 1.165) is 56.6 Å². The summed E-state index contributed by atoms with van der Waals surface area (Å²) in [7, 11) is 0. The number of aryl methyl sites for hydroxylation is 1. The number of hydrogen-bond acceptors (Lipinski definition) is 5. The third-order valence-corrected chi connectivity index (χ3v) is 6.11. The molecule has 1 aromatic carbocycles. The van der Waals surface area contributed by atoms with Crippen LogP contribution in [0.5, 0.6) is 0 Å². The Kier molecular flexibility index (Phi) is 5.76. The molecule has 28 heavy (non-hydrogen) atoms. The van der Waals surface area contributed by atoms with Crippen LogP contribution in [0.15, 0.2) is 28.8 Å². The van der Waals surface area contributed by atoms with Crippen LogP contribution >= 0.6 is 0 Å². The second-order valence-corrected chi connectivity index (χ2v) is 8.41. The number of piperidine rings is 2. The van der Waals surface area contributed by atoms with E-state index in [2.05, 4.69) is 26.9 Å². The number of carbonyl (C=O) groups excluding carboxylic acids is 1. The predicted octanol–water partition coefficient (Wildman–Crippen LogP) is 3.52. The summed E-state index contributed by atoms with van der Waals surface area (Å²) >= 11 is 0. The molecule has 0 spiro atoms. The number of likely N-dealkylation sites (tertiary alicyclic amines) is 2. The molecule has 6 heteroatoms. The average molecular weight is 383 g/mol. The lowest BCUT2D eigenvalue weighted by Gasteiger charge is -2.36. The van der Waals surface area contributed by atoms with Crippen molar-refractivity contribution in [3.8, 4) is 11.5 Å². The molecule has 0 bridgehead atoms. The average Bonchev–Trinajstić information content (AvgIpc) is 3.16. The van der Waals surface area contributed by atoms with Crippen molar-refractivity contribution in [1.29, 1.82) is 0 Å². The molecule has 1 atom stereocenters. The molecule has 4 rings (SSSR count). The van der Waals surface area contributed by atoms with E-state index < -0.39 is 0 Å². The van der Waals surface area contributed by atoms with E-state index in [1.54, 1.807) is 0 Å². The summed E-state index contributed by atoms with van der Waals surface area (Å²) in [6.45, 7) is 8.67. The van der Waals surface area contributed by atoms with E-state index in [-0.39, 0.29) is 5.92 Å². The predicted molar refractivity (Wildman–Crippen MR) is 107 cm³/mol. The van der Waals surface area contributed by atoms with Crippen LogP contribution in [0.25, 0.3) is 11.5 Å². The summed E-state index contributed by atoms with van der Waals surface area (Å²) in [6.07, 6.45) is 4.24. The minimum absolute atomic E-state index is 0.175. The number of nitrogens with zero attached hydrogens (tertiary/aromatic N) is 4. The van der Waals surface area contributed by atoms with Crippen molar-refractivity contribution in [2.75, 3.05) is 26.2 Å². The van der Waals surface area contributed by atoms with E-state index in [9.17, 15) is 4.79 Å². The Labute approximate surface area is 166 Å². The highest BCUT2D eigenvalue weighted by Gasteiger charge is 2.30. The lowest BCUT2D eigenvalue weighted by atomic mass is 9.93. The third-order valence-electron chi connectivity index (χ3n) is 6.11. The van der Waals surface area contributed by atoms with Gasteiger partial charge in [0.15, 0.2) is 5.82 Å². The molecule has 3 heterocycles. The van der Waals surface area contributed by atoms with E-state index >= 15 is 0 Å². The molecule has 2 aliphatic rings. The first-order chi connectivity index (χ1) is 13.6. The molecule has 150 valence electrons. The first-order valence-electron chi connectivity index (χ1n) is 10.5. The summed E-state index contributed by atoms with van der Waals surface area (Å²) in [5, 5.41) is 4.16. The van der Waals surface area contributed by atoms with Gasteiger partial charge in [-0.2, -0.15) is 4.98 Å². The summed E-state index contributed by atoms with van der Waals surface area (Å²) < 4.78 is 5.47. The van der Waals surface area contributed by atoms with E-state index in [1.165, 1.54) is 6.42 Å². The van der Waals surface area contributed by atoms with Crippen molar-refractivity contribution in [2.45, 2.75) is 46.1 Å². The highest BCUT2D eigenvalue weighted by atomic mass is 16.5. The normalized spacial score (nSPS) is 21.8. The number of benzene rings is 1. The second kappa shape index (κ2) is 8.43. The Hall–Kier alpha value is -2.21. The SMILES string of the molecule is Cc1ccccc1-c1nc(CN2CCC(C(=O)N3CCCC(C)C3)CC2)no1. The van der Waals surface area contributed by atoms with Gasteiger partial charge in [-0.25, -0.2) is 0 Å². The van der Waals surface area contributed by atoms with Crippen LogP contribution in [-0.4, -0.2) is 52.0 Å². The van der Waals surface area contributed by atoms with Gasteiger partial charge in [0.1, 0.15) is 0 Å². The molecule has 0 saturated carbocycles. The van der Waals surface area contributed by atoms with Gasteiger partial charge in [0.25, 0.3) is 5.89 Å². The van der Waals surface area contributed by atoms with Crippen molar-refractivity contribution in [3.63, 3.8) is 0 Å². The van der Waals surface area contributed by atoms with Crippen LogP contribution < -0.4 is 0 Å². The van der Waals surface area contributed by atoms with Crippen molar-refractivity contribution in [3.05, 3.63) is 35.7 Å². The van der Waals surface area contributed by atoms with Crippen LogP contribution in [0.4, 0.5) is 0 Å². The highest BCUT2D eigenvalue weighted by Crippen LogP contribution is 2.25. The molecule has 0 aliphatic carbocycles. The topological polar surface area (TPSA) is 62.5 Å². The fourth-order valence-corrected chi connectivity index (χ4v) is 4.43. The molecule has 1 amide bonds. The zero-order valence-corrected chi connectivity index (χ0v) is 16.9. The van der Waals surface area contributed by atoms with Gasteiger partial charge in [-0.05, 0) is 63.2 Å².